The third-order valence-corrected chi connectivity index (χ3v) is 10.5. The van der Waals surface area contributed by atoms with Crippen LogP contribution in [0.4, 0.5) is 13.2 Å². The summed E-state index contributed by atoms with van der Waals surface area (Å²) < 4.78 is 50.7. The molecule has 238 valence electrons. The zero-order chi connectivity index (χ0) is 30.9. The molecule has 2 aliphatic rings. The van der Waals surface area contributed by atoms with Crippen LogP contribution in [-0.4, -0.2) is 6.61 Å². The zero-order valence-corrected chi connectivity index (χ0v) is 26.9. The number of hydrogen-bond acceptors (Lipinski definition) is 1. The second-order valence-electron chi connectivity index (χ2n) is 13.5. The summed E-state index contributed by atoms with van der Waals surface area (Å²) in [5.41, 5.74) is 3.26. The summed E-state index contributed by atoms with van der Waals surface area (Å²) in [7, 11) is 0. The van der Waals surface area contributed by atoms with Gasteiger partial charge in [-0.2, -0.15) is 4.39 Å². The van der Waals surface area contributed by atoms with Crippen molar-refractivity contribution in [3.63, 3.8) is 0 Å². The molecule has 0 bridgehead atoms. The SMILES string of the molecule is CCCCCCCOc1ccc(-c2ccc(-c3ccc(C4CCC(C5CCC(CCC)CC5)CC4)c(F)c3)cc2)c(F)c1F. The predicted octanol–water partition coefficient (Wildman–Crippen LogP) is 12.7. The summed E-state index contributed by atoms with van der Waals surface area (Å²) >= 11 is 0. The van der Waals surface area contributed by atoms with E-state index in [1.807, 2.05) is 24.3 Å². The first-order valence-electron chi connectivity index (χ1n) is 17.5. The molecular formula is C40H51F3O. The van der Waals surface area contributed by atoms with Crippen LogP contribution in [0.15, 0.2) is 54.6 Å². The summed E-state index contributed by atoms with van der Waals surface area (Å²) in [6.07, 6.45) is 18.2. The second-order valence-corrected chi connectivity index (χ2v) is 13.5. The highest BCUT2D eigenvalue weighted by Crippen LogP contribution is 2.45. The molecule has 0 unspecified atom stereocenters. The Bertz CT molecular complexity index is 1320. The minimum Gasteiger partial charge on any atom is -0.490 e. The molecule has 0 atom stereocenters. The zero-order valence-electron chi connectivity index (χ0n) is 26.9. The van der Waals surface area contributed by atoms with Gasteiger partial charge in [-0.05, 0) is 109 Å². The fourth-order valence-corrected chi connectivity index (χ4v) is 7.89. The lowest BCUT2D eigenvalue weighted by Crippen LogP contribution is -2.25. The van der Waals surface area contributed by atoms with E-state index in [1.165, 1.54) is 63.9 Å². The quantitative estimate of drug-likeness (QED) is 0.176. The molecule has 3 aromatic carbocycles. The number of rotatable bonds is 13. The molecule has 0 heterocycles. The van der Waals surface area contributed by atoms with Crippen LogP contribution in [0.5, 0.6) is 5.75 Å². The van der Waals surface area contributed by atoms with Crippen molar-refractivity contribution >= 4 is 0 Å². The largest absolute Gasteiger partial charge is 0.490 e. The van der Waals surface area contributed by atoms with Crippen molar-refractivity contribution in [1.29, 1.82) is 0 Å². The number of benzene rings is 3. The molecule has 2 aliphatic carbocycles. The van der Waals surface area contributed by atoms with E-state index in [2.05, 4.69) is 13.8 Å². The normalized spacial score (nSPS) is 22.2. The van der Waals surface area contributed by atoms with E-state index in [9.17, 15) is 8.78 Å². The van der Waals surface area contributed by atoms with Gasteiger partial charge in [0.1, 0.15) is 5.82 Å². The van der Waals surface area contributed by atoms with Crippen molar-refractivity contribution < 1.29 is 17.9 Å². The van der Waals surface area contributed by atoms with Gasteiger partial charge in [0, 0.05) is 5.56 Å². The molecule has 2 saturated carbocycles. The van der Waals surface area contributed by atoms with Crippen LogP contribution < -0.4 is 4.74 Å². The first-order chi connectivity index (χ1) is 21.5. The number of unbranched alkanes of at least 4 members (excludes halogenated alkanes) is 4. The van der Waals surface area contributed by atoms with Gasteiger partial charge in [0.2, 0.25) is 5.82 Å². The van der Waals surface area contributed by atoms with Crippen LogP contribution in [0, 0.1) is 35.2 Å². The Morgan fingerprint density at radius 2 is 1.25 bits per heavy atom. The lowest BCUT2D eigenvalue weighted by Gasteiger charge is -2.38. The molecule has 0 radical (unpaired) electrons. The van der Waals surface area contributed by atoms with Gasteiger partial charge in [-0.1, -0.05) is 102 Å². The minimum absolute atomic E-state index is 0.0445. The molecule has 0 aromatic heterocycles. The summed E-state index contributed by atoms with van der Waals surface area (Å²) in [4.78, 5) is 0. The first-order valence-corrected chi connectivity index (χ1v) is 17.5. The van der Waals surface area contributed by atoms with E-state index < -0.39 is 11.6 Å². The van der Waals surface area contributed by atoms with Crippen molar-refractivity contribution in [3.05, 3.63) is 77.6 Å². The van der Waals surface area contributed by atoms with E-state index in [0.29, 0.717) is 18.1 Å². The van der Waals surface area contributed by atoms with Crippen molar-refractivity contribution in [2.24, 2.45) is 17.8 Å². The van der Waals surface area contributed by atoms with Crippen molar-refractivity contribution in [2.75, 3.05) is 6.61 Å². The minimum atomic E-state index is -0.953. The molecule has 5 rings (SSSR count). The van der Waals surface area contributed by atoms with E-state index in [0.717, 1.165) is 73.0 Å². The van der Waals surface area contributed by atoms with Gasteiger partial charge < -0.3 is 4.74 Å². The second kappa shape index (κ2) is 16.0. The summed E-state index contributed by atoms with van der Waals surface area (Å²) in [6, 6.07) is 15.9. The maximum atomic E-state index is 15.4. The Hall–Kier alpha value is -2.75. The molecule has 1 nitrogen and oxygen atoms in total. The number of hydrogen-bond donors (Lipinski definition) is 0. The van der Waals surface area contributed by atoms with Gasteiger partial charge in [-0.15, -0.1) is 0 Å². The van der Waals surface area contributed by atoms with E-state index in [1.54, 1.807) is 24.3 Å². The molecule has 2 fully saturated rings. The average molecular weight is 605 g/mol. The van der Waals surface area contributed by atoms with Crippen LogP contribution >= 0.6 is 0 Å². The highest BCUT2D eigenvalue weighted by Gasteiger charge is 2.32. The van der Waals surface area contributed by atoms with Crippen LogP contribution in [0.1, 0.15) is 122 Å². The Morgan fingerprint density at radius 1 is 0.614 bits per heavy atom. The monoisotopic (exact) mass is 604 g/mol. The Balaban J connectivity index is 1.16. The van der Waals surface area contributed by atoms with Crippen LogP contribution in [0.3, 0.4) is 0 Å². The predicted molar refractivity (Wildman–Crippen MR) is 176 cm³/mol. The molecule has 0 aliphatic heterocycles. The third kappa shape index (κ3) is 8.09. The topological polar surface area (TPSA) is 9.23 Å². The Kier molecular flexibility index (Phi) is 11.9. The molecule has 3 aromatic rings. The van der Waals surface area contributed by atoms with Gasteiger partial charge in [-0.25, -0.2) is 8.78 Å². The van der Waals surface area contributed by atoms with Crippen molar-refractivity contribution in [2.45, 2.75) is 116 Å². The van der Waals surface area contributed by atoms with Crippen LogP contribution in [0.2, 0.25) is 0 Å². The fraction of sp³-hybridized carbons (Fsp3) is 0.550. The summed E-state index contributed by atoms with van der Waals surface area (Å²) in [5.74, 6) is 0.896. The fourth-order valence-electron chi connectivity index (χ4n) is 7.89. The van der Waals surface area contributed by atoms with Gasteiger partial charge in [-0.3, -0.25) is 0 Å². The molecular weight excluding hydrogens is 553 g/mol. The number of halogens is 3. The Labute approximate surface area is 263 Å². The van der Waals surface area contributed by atoms with Crippen molar-refractivity contribution in [1.82, 2.24) is 0 Å². The first kappa shape index (κ1) is 32.6. The number of ether oxygens (including phenoxy) is 1. The van der Waals surface area contributed by atoms with Gasteiger partial charge in [0.15, 0.2) is 11.6 Å². The van der Waals surface area contributed by atoms with Gasteiger partial charge >= 0.3 is 0 Å². The van der Waals surface area contributed by atoms with E-state index >= 15 is 4.39 Å². The molecule has 0 N–H and O–H groups in total. The maximum absolute atomic E-state index is 15.4. The molecule has 44 heavy (non-hydrogen) atoms. The molecule has 0 saturated heterocycles. The van der Waals surface area contributed by atoms with Crippen LogP contribution in [-0.2, 0) is 0 Å². The third-order valence-electron chi connectivity index (χ3n) is 10.5. The molecule has 4 heteroatoms. The van der Waals surface area contributed by atoms with Crippen molar-refractivity contribution in [3.8, 4) is 28.0 Å². The molecule has 0 spiro atoms. The van der Waals surface area contributed by atoms with Crippen LogP contribution in [0.25, 0.3) is 22.3 Å². The van der Waals surface area contributed by atoms with Gasteiger partial charge in [0.25, 0.3) is 0 Å². The van der Waals surface area contributed by atoms with Gasteiger partial charge in [0.05, 0.1) is 6.61 Å². The molecule has 0 amide bonds. The Morgan fingerprint density at radius 3 is 1.91 bits per heavy atom. The average Bonchev–Trinajstić information content (AvgIpc) is 3.05. The standard InChI is InChI=1S/C40H51F3O/c1-3-5-6-7-8-26-44-38-25-24-36(39(42)40(38)43)33-20-16-31(17-21-33)34-22-23-35(37(41)27-34)32-18-14-30(15-19-32)29-12-10-28(9-4-2)11-13-29/h16-17,20-25,27-30,32H,3-15,18-19,26H2,1-2H3. The smallest absolute Gasteiger partial charge is 0.201 e. The lowest BCUT2D eigenvalue weighted by atomic mass is 9.68. The van der Waals surface area contributed by atoms with E-state index in [4.69, 9.17) is 4.74 Å². The highest BCUT2D eigenvalue weighted by atomic mass is 19.2. The highest BCUT2D eigenvalue weighted by molar-refractivity contribution is 5.71. The summed E-state index contributed by atoms with van der Waals surface area (Å²) in [5, 5.41) is 0. The maximum Gasteiger partial charge on any atom is 0.201 e. The van der Waals surface area contributed by atoms with E-state index in [-0.39, 0.29) is 17.1 Å². The summed E-state index contributed by atoms with van der Waals surface area (Å²) in [6.45, 7) is 4.84. The lowest BCUT2D eigenvalue weighted by molar-refractivity contribution is 0.156.